The van der Waals surface area contributed by atoms with Crippen LogP contribution in [0.2, 0.25) is 0 Å². The third-order valence-corrected chi connectivity index (χ3v) is 1.82. The lowest BCUT2D eigenvalue weighted by molar-refractivity contribution is 0.246. The van der Waals surface area contributed by atoms with E-state index in [0.717, 1.165) is 0 Å². The molecule has 0 spiro atoms. The fraction of sp³-hybridized carbons (Fsp3) is 0.500. The van der Waals surface area contributed by atoms with Crippen molar-refractivity contribution in [3.05, 3.63) is 24.7 Å². The summed E-state index contributed by atoms with van der Waals surface area (Å²) in [6, 6.07) is 0. The van der Waals surface area contributed by atoms with Crippen molar-refractivity contribution in [2.75, 3.05) is 7.05 Å². The van der Waals surface area contributed by atoms with E-state index in [9.17, 15) is 0 Å². The smallest absolute Gasteiger partial charge is 0.102 e. The molecule has 0 aliphatic carbocycles. The number of allylic oxidation sites excluding steroid dienone is 1. The van der Waals surface area contributed by atoms with Gasteiger partial charge in [-0.05, 0) is 13.8 Å². The van der Waals surface area contributed by atoms with E-state index in [2.05, 4.69) is 42.4 Å². The molecule has 2 heteroatoms. The van der Waals surface area contributed by atoms with E-state index in [1.807, 2.05) is 13.0 Å². The van der Waals surface area contributed by atoms with Gasteiger partial charge in [0.25, 0.3) is 0 Å². The Bertz CT molecular complexity index is 161. The van der Waals surface area contributed by atoms with Crippen molar-refractivity contribution in [1.82, 2.24) is 9.80 Å². The maximum Gasteiger partial charge on any atom is 0.102 e. The summed E-state index contributed by atoms with van der Waals surface area (Å²) in [6.07, 6.45) is 8.73. The molecule has 0 aromatic rings. The predicted molar refractivity (Wildman–Crippen MR) is 43.0 cm³/mol. The van der Waals surface area contributed by atoms with Crippen molar-refractivity contribution in [1.29, 1.82) is 0 Å². The Kier molecular flexibility index (Phi) is 2.00. The molecule has 0 saturated heterocycles. The first-order chi connectivity index (χ1) is 4.75. The topological polar surface area (TPSA) is 6.48 Å². The zero-order valence-corrected chi connectivity index (χ0v) is 6.78. The van der Waals surface area contributed by atoms with E-state index in [0.29, 0.717) is 6.17 Å². The van der Waals surface area contributed by atoms with Crippen LogP contribution in [0, 0.1) is 0 Å². The molecule has 1 aliphatic rings. The first kappa shape index (κ1) is 7.19. The zero-order chi connectivity index (χ0) is 7.56. The van der Waals surface area contributed by atoms with Crippen LogP contribution in [0.25, 0.3) is 0 Å². The van der Waals surface area contributed by atoms with Gasteiger partial charge in [-0.2, -0.15) is 0 Å². The van der Waals surface area contributed by atoms with Crippen LogP contribution >= 0.6 is 0 Å². The van der Waals surface area contributed by atoms with E-state index >= 15 is 0 Å². The molecule has 1 aliphatic heterocycles. The zero-order valence-electron chi connectivity index (χ0n) is 6.78. The first-order valence-corrected chi connectivity index (χ1v) is 3.56. The molecule has 1 rings (SSSR count). The van der Waals surface area contributed by atoms with E-state index in [1.165, 1.54) is 0 Å². The fourth-order valence-corrected chi connectivity index (χ4v) is 0.988. The van der Waals surface area contributed by atoms with Crippen molar-refractivity contribution in [3.63, 3.8) is 0 Å². The molecule has 0 aromatic heterocycles. The van der Waals surface area contributed by atoms with Crippen LogP contribution < -0.4 is 0 Å². The number of nitrogens with zero attached hydrogens (tertiary/aromatic N) is 2. The monoisotopic (exact) mass is 138 g/mol. The highest BCUT2D eigenvalue weighted by atomic mass is 15.4. The maximum absolute atomic E-state index is 2.17. The van der Waals surface area contributed by atoms with Crippen LogP contribution in [0.15, 0.2) is 24.7 Å². The van der Waals surface area contributed by atoms with Gasteiger partial charge in [-0.3, -0.25) is 0 Å². The van der Waals surface area contributed by atoms with Crippen molar-refractivity contribution in [2.45, 2.75) is 20.0 Å². The Morgan fingerprint density at radius 1 is 1.40 bits per heavy atom. The molecule has 0 aromatic carbocycles. The van der Waals surface area contributed by atoms with Gasteiger partial charge in [0.1, 0.15) is 6.17 Å². The molecule has 0 saturated carbocycles. The Morgan fingerprint density at radius 2 is 2.10 bits per heavy atom. The SMILES string of the molecule is CC=CN1C=CN(C)C1C. The number of hydrogen-bond acceptors (Lipinski definition) is 2. The van der Waals surface area contributed by atoms with E-state index in [-0.39, 0.29) is 0 Å². The van der Waals surface area contributed by atoms with E-state index in [4.69, 9.17) is 0 Å². The van der Waals surface area contributed by atoms with Gasteiger partial charge in [0.05, 0.1) is 0 Å². The summed E-state index contributed by atoms with van der Waals surface area (Å²) in [7, 11) is 2.07. The molecular formula is C8H14N2. The molecule has 0 fully saturated rings. The largest absolute Gasteiger partial charge is 0.359 e. The summed E-state index contributed by atoms with van der Waals surface area (Å²) in [4.78, 5) is 4.33. The van der Waals surface area contributed by atoms with Crippen LogP contribution in [-0.4, -0.2) is 23.0 Å². The standard InChI is InChI=1S/C8H14N2/c1-4-5-10-7-6-9(3)8(10)2/h4-8H,1-3H3. The number of rotatable bonds is 1. The molecule has 0 N–H and O–H groups in total. The van der Waals surface area contributed by atoms with Gasteiger partial charge >= 0.3 is 0 Å². The quantitative estimate of drug-likeness (QED) is 0.543. The summed E-state index contributed by atoms with van der Waals surface area (Å²) in [5, 5.41) is 0. The highest BCUT2D eigenvalue weighted by Crippen LogP contribution is 2.12. The summed E-state index contributed by atoms with van der Waals surface area (Å²) < 4.78 is 0. The third-order valence-electron chi connectivity index (χ3n) is 1.82. The van der Waals surface area contributed by atoms with Crippen molar-refractivity contribution >= 4 is 0 Å². The van der Waals surface area contributed by atoms with Crippen LogP contribution in [0.4, 0.5) is 0 Å². The summed E-state index contributed by atoms with van der Waals surface area (Å²) in [6.45, 7) is 4.19. The summed E-state index contributed by atoms with van der Waals surface area (Å²) in [5.74, 6) is 0. The minimum Gasteiger partial charge on any atom is -0.359 e. The molecule has 1 unspecified atom stereocenters. The first-order valence-electron chi connectivity index (χ1n) is 3.56. The van der Waals surface area contributed by atoms with Gasteiger partial charge in [0.15, 0.2) is 0 Å². The second-order valence-corrected chi connectivity index (χ2v) is 2.53. The van der Waals surface area contributed by atoms with Crippen LogP contribution in [0.3, 0.4) is 0 Å². The Labute approximate surface area is 62.4 Å². The van der Waals surface area contributed by atoms with Gasteiger partial charge in [-0.25, -0.2) is 0 Å². The van der Waals surface area contributed by atoms with Crippen LogP contribution in [-0.2, 0) is 0 Å². The molecule has 2 nitrogen and oxygen atoms in total. The molecule has 0 bridgehead atoms. The Balaban J connectivity index is 2.57. The van der Waals surface area contributed by atoms with E-state index < -0.39 is 0 Å². The average Bonchev–Trinajstić information content (AvgIpc) is 2.20. The Hall–Kier alpha value is -0.920. The van der Waals surface area contributed by atoms with Gasteiger partial charge < -0.3 is 9.80 Å². The molecule has 0 radical (unpaired) electrons. The maximum atomic E-state index is 2.17. The highest BCUT2D eigenvalue weighted by molar-refractivity contribution is 4.99. The van der Waals surface area contributed by atoms with Gasteiger partial charge in [-0.15, -0.1) is 0 Å². The normalized spacial score (nSPS) is 25.3. The second kappa shape index (κ2) is 2.78. The molecule has 56 valence electrons. The van der Waals surface area contributed by atoms with Crippen molar-refractivity contribution in [2.24, 2.45) is 0 Å². The van der Waals surface area contributed by atoms with Crippen LogP contribution in [0.5, 0.6) is 0 Å². The van der Waals surface area contributed by atoms with Crippen molar-refractivity contribution in [3.8, 4) is 0 Å². The number of hydrogen-bond donors (Lipinski definition) is 0. The Morgan fingerprint density at radius 3 is 2.50 bits per heavy atom. The van der Waals surface area contributed by atoms with Gasteiger partial charge in [0.2, 0.25) is 0 Å². The van der Waals surface area contributed by atoms with Gasteiger partial charge in [-0.1, -0.05) is 6.08 Å². The molecule has 1 atom stereocenters. The van der Waals surface area contributed by atoms with E-state index in [1.54, 1.807) is 0 Å². The third kappa shape index (κ3) is 1.15. The molecular weight excluding hydrogens is 124 g/mol. The molecule has 10 heavy (non-hydrogen) atoms. The van der Waals surface area contributed by atoms with Crippen LogP contribution in [0.1, 0.15) is 13.8 Å². The molecule has 0 amide bonds. The summed E-state index contributed by atoms with van der Waals surface area (Å²) >= 11 is 0. The van der Waals surface area contributed by atoms with Gasteiger partial charge in [0, 0.05) is 25.6 Å². The highest BCUT2D eigenvalue weighted by Gasteiger charge is 2.14. The minimum atomic E-state index is 0.469. The summed E-state index contributed by atoms with van der Waals surface area (Å²) in [5.41, 5.74) is 0. The fourth-order valence-electron chi connectivity index (χ4n) is 0.988. The van der Waals surface area contributed by atoms with Crippen molar-refractivity contribution < 1.29 is 0 Å². The molecule has 1 heterocycles. The average molecular weight is 138 g/mol. The predicted octanol–water partition coefficient (Wildman–Crippen LogP) is 1.58. The lowest BCUT2D eigenvalue weighted by Crippen LogP contribution is -2.29. The lowest BCUT2D eigenvalue weighted by atomic mass is 10.5. The minimum absolute atomic E-state index is 0.469. The lowest BCUT2D eigenvalue weighted by Gasteiger charge is -2.23. The second-order valence-electron chi connectivity index (χ2n) is 2.53.